The summed E-state index contributed by atoms with van der Waals surface area (Å²) in [5.74, 6) is 1.05. The van der Waals surface area contributed by atoms with Crippen LogP contribution >= 0.6 is 11.6 Å². The molecule has 3 aromatic rings. The second-order valence-electron chi connectivity index (χ2n) is 8.86. The molecule has 3 N–H and O–H groups in total. The molecule has 0 radical (unpaired) electrons. The molecule has 10 heteroatoms. The third-order valence-corrected chi connectivity index (χ3v) is 6.53. The first-order valence-electron chi connectivity index (χ1n) is 11.2. The Labute approximate surface area is 209 Å². The van der Waals surface area contributed by atoms with Crippen LogP contribution in [-0.2, 0) is 10.2 Å². The van der Waals surface area contributed by atoms with Crippen LogP contribution in [0.2, 0.25) is 5.02 Å². The molecule has 0 fully saturated rings. The van der Waals surface area contributed by atoms with Gasteiger partial charge < -0.3 is 25.4 Å². The average molecular weight is 494 g/mol. The Hall–Kier alpha value is -3.45. The van der Waals surface area contributed by atoms with Gasteiger partial charge >= 0.3 is 0 Å². The fraction of sp³-hybridized carbons (Fsp3) is 0.360. The van der Waals surface area contributed by atoms with E-state index in [2.05, 4.69) is 31.7 Å². The molecule has 0 unspecified atom stereocenters. The summed E-state index contributed by atoms with van der Waals surface area (Å²) in [6.07, 6.45) is 1.66. The molecule has 4 rings (SSSR count). The molecular weight excluding hydrogens is 466 g/mol. The van der Waals surface area contributed by atoms with Crippen LogP contribution in [-0.4, -0.2) is 60.5 Å². The Bertz CT molecular complexity index is 1290. The quantitative estimate of drug-likeness (QED) is 0.429. The van der Waals surface area contributed by atoms with Gasteiger partial charge in [-0.2, -0.15) is 5.26 Å². The fourth-order valence-corrected chi connectivity index (χ4v) is 4.36. The molecule has 0 bridgehead atoms. The predicted molar refractivity (Wildman–Crippen MR) is 138 cm³/mol. The molecule has 0 amide bonds. The molecular formula is C25H28ClN7O2. The number of hydrogen-bond donors (Lipinski definition) is 3. The van der Waals surface area contributed by atoms with E-state index < -0.39 is 5.41 Å². The molecule has 1 atom stereocenters. The van der Waals surface area contributed by atoms with Crippen molar-refractivity contribution in [3.8, 4) is 17.3 Å². The van der Waals surface area contributed by atoms with Crippen molar-refractivity contribution in [1.29, 1.82) is 5.26 Å². The van der Waals surface area contributed by atoms with Crippen molar-refractivity contribution < 1.29 is 9.84 Å². The zero-order chi connectivity index (χ0) is 25.2. The Morgan fingerprint density at radius 3 is 2.86 bits per heavy atom. The molecule has 35 heavy (non-hydrogen) atoms. The van der Waals surface area contributed by atoms with Crippen molar-refractivity contribution in [3.05, 3.63) is 52.3 Å². The Morgan fingerprint density at radius 1 is 1.34 bits per heavy atom. The van der Waals surface area contributed by atoms with E-state index in [0.717, 1.165) is 22.5 Å². The smallest absolute Gasteiger partial charge is 0.227 e. The normalized spacial score (nSPS) is 16.4. The molecule has 0 spiro atoms. The number of benzene rings is 1. The van der Waals surface area contributed by atoms with Crippen LogP contribution in [0.25, 0.3) is 11.3 Å². The van der Waals surface area contributed by atoms with E-state index in [1.165, 1.54) is 0 Å². The van der Waals surface area contributed by atoms with Gasteiger partial charge in [0.25, 0.3) is 0 Å². The lowest BCUT2D eigenvalue weighted by atomic mass is 9.83. The Kier molecular flexibility index (Phi) is 7.08. The summed E-state index contributed by atoms with van der Waals surface area (Å²) >= 11 is 6.51. The molecule has 0 saturated heterocycles. The molecule has 2 aromatic heterocycles. The molecule has 1 aliphatic rings. The third kappa shape index (κ3) is 4.86. The third-order valence-electron chi connectivity index (χ3n) is 6.25. The van der Waals surface area contributed by atoms with E-state index in [0.29, 0.717) is 53.4 Å². The van der Waals surface area contributed by atoms with Crippen molar-refractivity contribution >= 4 is 34.7 Å². The van der Waals surface area contributed by atoms with E-state index in [-0.39, 0.29) is 6.61 Å². The first kappa shape index (κ1) is 24.7. The van der Waals surface area contributed by atoms with Crippen molar-refractivity contribution in [2.24, 2.45) is 0 Å². The van der Waals surface area contributed by atoms with Crippen LogP contribution in [0.5, 0.6) is 0 Å². The number of pyridine rings is 1. The highest BCUT2D eigenvalue weighted by molar-refractivity contribution is 6.33. The largest absolute Gasteiger partial charge is 0.395 e. The van der Waals surface area contributed by atoms with Gasteiger partial charge in [0.05, 0.1) is 46.6 Å². The fourth-order valence-electron chi connectivity index (χ4n) is 4.06. The molecule has 1 aliphatic heterocycles. The van der Waals surface area contributed by atoms with Crippen LogP contribution in [0.15, 0.2) is 30.5 Å². The maximum absolute atomic E-state index is 9.97. The van der Waals surface area contributed by atoms with Gasteiger partial charge in [-0.1, -0.05) is 18.5 Å². The summed E-state index contributed by atoms with van der Waals surface area (Å²) in [6.45, 7) is 5.63. The number of likely N-dealkylation sites (N-methyl/N-ethyl adjacent to an activating group) is 1. The maximum atomic E-state index is 9.97. The number of aryl methyl sites for hydroxylation is 1. The van der Waals surface area contributed by atoms with Crippen LogP contribution in [0, 0.1) is 18.3 Å². The van der Waals surface area contributed by atoms with Crippen LogP contribution < -0.4 is 15.5 Å². The average Bonchev–Trinajstić information content (AvgIpc) is 3.21. The number of nitriles is 1. The number of fused-ring (bicyclic) bond motifs is 1. The van der Waals surface area contributed by atoms with E-state index in [1.807, 2.05) is 31.9 Å². The topological polar surface area (TPSA) is 119 Å². The minimum atomic E-state index is -0.469. The Balaban J connectivity index is 1.65. The second-order valence-corrected chi connectivity index (χ2v) is 9.27. The Morgan fingerprint density at radius 2 is 2.14 bits per heavy atom. The number of nitrogens with one attached hydrogen (secondary N) is 2. The number of hydrogen-bond acceptors (Lipinski definition) is 9. The van der Waals surface area contributed by atoms with Crippen molar-refractivity contribution in [3.63, 3.8) is 0 Å². The first-order valence-corrected chi connectivity index (χ1v) is 11.6. The second kappa shape index (κ2) is 10.0. The van der Waals surface area contributed by atoms with Crippen LogP contribution in [0.1, 0.15) is 23.7 Å². The number of ether oxygens (including phenoxy) is 1. The highest BCUT2D eigenvalue weighted by Crippen LogP contribution is 2.41. The van der Waals surface area contributed by atoms with Crippen molar-refractivity contribution in [2.45, 2.75) is 19.3 Å². The van der Waals surface area contributed by atoms with Gasteiger partial charge in [0.2, 0.25) is 5.95 Å². The van der Waals surface area contributed by atoms with Gasteiger partial charge in [-0.25, -0.2) is 15.0 Å². The van der Waals surface area contributed by atoms with Crippen molar-refractivity contribution in [2.75, 3.05) is 56.0 Å². The lowest BCUT2D eigenvalue weighted by Crippen LogP contribution is -2.28. The number of anilines is 4. The minimum Gasteiger partial charge on any atom is -0.395 e. The lowest BCUT2D eigenvalue weighted by molar-refractivity contribution is 0.206. The molecule has 9 nitrogen and oxygen atoms in total. The van der Waals surface area contributed by atoms with E-state index in [1.54, 1.807) is 31.5 Å². The van der Waals surface area contributed by atoms with Gasteiger partial charge in [-0.05, 0) is 36.8 Å². The van der Waals surface area contributed by atoms with Gasteiger partial charge in [-0.3, -0.25) is 0 Å². The summed E-state index contributed by atoms with van der Waals surface area (Å²) in [6, 6.07) is 9.63. The summed E-state index contributed by atoms with van der Waals surface area (Å²) in [5.41, 5.74) is 4.59. The maximum Gasteiger partial charge on any atom is 0.227 e. The number of halogens is 1. The van der Waals surface area contributed by atoms with E-state index in [9.17, 15) is 10.4 Å². The number of aromatic nitrogens is 3. The highest BCUT2D eigenvalue weighted by Gasteiger charge is 2.36. The minimum absolute atomic E-state index is 0.0262. The molecule has 0 aliphatic carbocycles. The number of aliphatic hydroxyl groups is 1. The molecule has 0 saturated carbocycles. The van der Waals surface area contributed by atoms with Gasteiger partial charge in [0, 0.05) is 44.4 Å². The zero-order valence-corrected chi connectivity index (χ0v) is 20.9. The first-order chi connectivity index (χ1) is 16.8. The SMILES string of the molecule is COCCN(C)c1nc(C)c(Nc2nccc(-c3cc(C#N)c4c(c3)[C@@](C)(CO)CN4)n2)cc1Cl. The molecule has 182 valence electrons. The van der Waals surface area contributed by atoms with Crippen molar-refractivity contribution in [1.82, 2.24) is 15.0 Å². The van der Waals surface area contributed by atoms with Gasteiger partial charge in [0.15, 0.2) is 0 Å². The van der Waals surface area contributed by atoms with Crippen LogP contribution in [0.4, 0.5) is 23.1 Å². The lowest BCUT2D eigenvalue weighted by Gasteiger charge is -2.21. The number of rotatable bonds is 8. The summed E-state index contributed by atoms with van der Waals surface area (Å²) in [7, 11) is 3.57. The van der Waals surface area contributed by atoms with E-state index in [4.69, 9.17) is 16.3 Å². The molecule has 1 aromatic carbocycles. The number of methoxy groups -OCH3 is 1. The standard InChI is InChI=1S/C25H28ClN7O2/c1-15-21(11-19(26)23(30-15)33(3)7-8-35-4)32-24-28-6-5-20(31-24)16-9-17(12-27)22-18(10-16)25(2,14-34)13-29-22/h5-6,9-11,29,34H,7-8,13-14H2,1-4H3,(H,28,31,32)/t25-/m1/s1. The predicted octanol–water partition coefficient (Wildman–Crippen LogP) is 3.87. The van der Waals surface area contributed by atoms with Crippen LogP contribution in [0.3, 0.4) is 0 Å². The number of nitrogens with zero attached hydrogens (tertiary/aromatic N) is 5. The zero-order valence-electron chi connectivity index (χ0n) is 20.2. The summed E-state index contributed by atoms with van der Waals surface area (Å²) in [4.78, 5) is 15.6. The summed E-state index contributed by atoms with van der Waals surface area (Å²) in [5, 5.41) is 26.6. The number of aliphatic hydroxyl groups excluding tert-OH is 1. The highest BCUT2D eigenvalue weighted by atomic mass is 35.5. The van der Waals surface area contributed by atoms with Gasteiger partial charge in [-0.15, -0.1) is 0 Å². The van der Waals surface area contributed by atoms with Gasteiger partial charge in [0.1, 0.15) is 11.9 Å². The molecule has 3 heterocycles. The summed E-state index contributed by atoms with van der Waals surface area (Å²) < 4.78 is 5.14. The monoisotopic (exact) mass is 493 g/mol. The van der Waals surface area contributed by atoms with E-state index >= 15 is 0 Å².